The van der Waals surface area contributed by atoms with Crippen molar-refractivity contribution in [2.45, 2.75) is 52.4 Å². The summed E-state index contributed by atoms with van der Waals surface area (Å²) in [6, 6.07) is 0. The van der Waals surface area contributed by atoms with Gasteiger partial charge in [-0.1, -0.05) is 18.6 Å². The Morgan fingerprint density at radius 3 is 2.95 bits per heavy atom. The molecule has 1 atom stereocenters. The van der Waals surface area contributed by atoms with Crippen molar-refractivity contribution in [1.82, 2.24) is 0 Å². The summed E-state index contributed by atoms with van der Waals surface area (Å²) in [5.41, 5.74) is 3.14. The third kappa shape index (κ3) is 3.34. The van der Waals surface area contributed by atoms with Gasteiger partial charge in [-0.15, -0.1) is 0 Å². The van der Waals surface area contributed by atoms with Crippen LogP contribution >= 0.6 is 0 Å². The van der Waals surface area contributed by atoms with Crippen molar-refractivity contribution in [3.63, 3.8) is 0 Å². The van der Waals surface area contributed by atoms with Crippen LogP contribution < -0.4 is 0 Å². The fourth-order valence-electron chi connectivity index (χ4n) is 2.83. The number of carbonyl (C=O) groups excluding carboxylic acids is 1. The van der Waals surface area contributed by atoms with Gasteiger partial charge in [0.05, 0.1) is 18.4 Å². The van der Waals surface area contributed by atoms with Gasteiger partial charge in [-0.3, -0.25) is 4.99 Å². The maximum absolute atomic E-state index is 11.9. The molecule has 0 aromatic carbocycles. The van der Waals surface area contributed by atoms with Gasteiger partial charge in [-0.25, -0.2) is 4.79 Å². The fourth-order valence-corrected chi connectivity index (χ4v) is 2.83. The molecule has 19 heavy (non-hydrogen) atoms. The highest BCUT2D eigenvalue weighted by molar-refractivity contribution is 5.91. The van der Waals surface area contributed by atoms with Crippen LogP contribution in [-0.2, 0) is 9.53 Å². The molecule has 1 aliphatic carbocycles. The predicted molar refractivity (Wildman–Crippen MR) is 77.1 cm³/mol. The van der Waals surface area contributed by atoms with Gasteiger partial charge in [0.1, 0.15) is 0 Å². The number of nitrogens with zero attached hydrogens (tertiary/aromatic N) is 1. The maximum Gasteiger partial charge on any atom is 0.335 e. The molecule has 3 heteroatoms. The summed E-state index contributed by atoms with van der Waals surface area (Å²) < 4.78 is 4.92. The number of hydrogen-bond donors (Lipinski definition) is 0. The van der Waals surface area contributed by atoms with Gasteiger partial charge in [-0.05, 0) is 45.4 Å². The van der Waals surface area contributed by atoms with Gasteiger partial charge in [0, 0.05) is 11.6 Å². The minimum atomic E-state index is -0.206. The summed E-state index contributed by atoms with van der Waals surface area (Å²) in [5.74, 6) is -0.206. The summed E-state index contributed by atoms with van der Waals surface area (Å²) in [4.78, 5) is 16.5. The van der Waals surface area contributed by atoms with E-state index in [1.54, 1.807) is 0 Å². The molecule has 0 saturated heterocycles. The largest absolute Gasteiger partial charge is 0.466 e. The molecule has 0 radical (unpaired) electrons. The van der Waals surface area contributed by atoms with Gasteiger partial charge in [0.2, 0.25) is 0 Å². The van der Waals surface area contributed by atoms with E-state index in [-0.39, 0.29) is 11.4 Å². The predicted octanol–water partition coefficient (Wildman–Crippen LogP) is 3.80. The number of rotatable bonds is 1. The maximum atomic E-state index is 11.9. The zero-order chi connectivity index (χ0) is 13.9. The molecule has 2 bridgehead atoms. The standard InChI is InChI=1S/C16H23NO2/c1-12-6-4-8-14-13(15(18)19-3)10-16(2,11-17-14)9-5-7-12/h7,11H,4-6,8-10H2,1-3H3/b12-7-. The molecule has 3 rings (SSSR count). The highest BCUT2D eigenvalue weighted by atomic mass is 16.5. The van der Waals surface area contributed by atoms with Crippen LogP contribution in [0.3, 0.4) is 0 Å². The van der Waals surface area contributed by atoms with E-state index in [9.17, 15) is 4.79 Å². The average Bonchev–Trinajstić information content (AvgIpc) is 2.43. The van der Waals surface area contributed by atoms with E-state index in [1.165, 1.54) is 12.7 Å². The van der Waals surface area contributed by atoms with Crippen LogP contribution in [0.5, 0.6) is 0 Å². The van der Waals surface area contributed by atoms with Crippen LogP contribution in [0, 0.1) is 5.41 Å². The summed E-state index contributed by atoms with van der Waals surface area (Å²) in [7, 11) is 1.45. The molecule has 3 nitrogen and oxygen atoms in total. The van der Waals surface area contributed by atoms with Crippen molar-refractivity contribution in [2.24, 2.45) is 10.4 Å². The highest BCUT2D eigenvalue weighted by Crippen LogP contribution is 2.37. The second-order valence-electron chi connectivity index (χ2n) is 5.95. The summed E-state index contributed by atoms with van der Waals surface area (Å²) >= 11 is 0. The number of carbonyl (C=O) groups is 1. The van der Waals surface area contributed by atoms with Gasteiger partial charge < -0.3 is 4.74 Å². The second-order valence-corrected chi connectivity index (χ2v) is 5.95. The third-order valence-electron chi connectivity index (χ3n) is 4.09. The van der Waals surface area contributed by atoms with Crippen molar-refractivity contribution >= 4 is 12.2 Å². The molecule has 0 saturated carbocycles. The zero-order valence-electron chi connectivity index (χ0n) is 12.2. The monoisotopic (exact) mass is 261 g/mol. The first-order valence-corrected chi connectivity index (χ1v) is 7.05. The molecular weight excluding hydrogens is 238 g/mol. The molecule has 3 aliphatic rings. The number of aliphatic imine (C=N–C) groups is 1. The van der Waals surface area contributed by atoms with E-state index >= 15 is 0 Å². The quantitative estimate of drug-likeness (QED) is 0.532. The number of esters is 1. The first-order valence-electron chi connectivity index (χ1n) is 7.05. The van der Waals surface area contributed by atoms with Crippen LogP contribution in [-0.4, -0.2) is 19.3 Å². The lowest BCUT2D eigenvalue weighted by atomic mass is 9.78. The molecule has 104 valence electrons. The third-order valence-corrected chi connectivity index (χ3v) is 4.09. The average molecular weight is 261 g/mol. The first-order chi connectivity index (χ1) is 9.04. The number of fused-ring (bicyclic) bond motifs is 6. The van der Waals surface area contributed by atoms with Gasteiger partial charge in [-0.2, -0.15) is 0 Å². The molecule has 0 N–H and O–H groups in total. The summed E-state index contributed by atoms with van der Waals surface area (Å²) in [6.45, 7) is 4.37. The molecule has 2 aliphatic heterocycles. The van der Waals surface area contributed by atoms with E-state index < -0.39 is 0 Å². The lowest BCUT2D eigenvalue weighted by Crippen LogP contribution is -2.26. The fraction of sp³-hybridized carbons (Fsp3) is 0.625. The molecule has 0 amide bonds. The zero-order valence-corrected chi connectivity index (χ0v) is 12.2. The Morgan fingerprint density at radius 2 is 2.21 bits per heavy atom. The molecule has 0 aromatic rings. The normalized spacial score (nSPS) is 30.6. The molecule has 0 fully saturated rings. The highest BCUT2D eigenvalue weighted by Gasteiger charge is 2.31. The van der Waals surface area contributed by atoms with E-state index in [2.05, 4.69) is 24.9 Å². The topological polar surface area (TPSA) is 38.7 Å². The molecular formula is C16H23NO2. The van der Waals surface area contributed by atoms with E-state index in [0.717, 1.165) is 49.8 Å². The van der Waals surface area contributed by atoms with Crippen LogP contribution in [0.1, 0.15) is 52.4 Å². The van der Waals surface area contributed by atoms with Crippen molar-refractivity contribution in [3.8, 4) is 0 Å². The number of methoxy groups -OCH3 is 1. The van der Waals surface area contributed by atoms with Gasteiger partial charge in [0.25, 0.3) is 0 Å². The molecule has 1 unspecified atom stereocenters. The minimum Gasteiger partial charge on any atom is -0.466 e. The molecule has 0 spiro atoms. The van der Waals surface area contributed by atoms with E-state index in [1.807, 2.05) is 6.21 Å². The first kappa shape index (κ1) is 14.0. The number of hydrogen-bond acceptors (Lipinski definition) is 3. The summed E-state index contributed by atoms with van der Waals surface area (Å²) in [6.07, 6.45) is 10.2. The number of ether oxygens (including phenoxy) is 1. The Kier molecular flexibility index (Phi) is 4.23. The van der Waals surface area contributed by atoms with Gasteiger partial charge in [0.15, 0.2) is 0 Å². The Labute approximate surface area is 115 Å². The van der Waals surface area contributed by atoms with Crippen molar-refractivity contribution in [3.05, 3.63) is 22.9 Å². The lowest BCUT2D eigenvalue weighted by molar-refractivity contribution is -0.136. The number of allylic oxidation sites excluding steroid dienone is 3. The smallest absolute Gasteiger partial charge is 0.335 e. The molecule has 0 aromatic heterocycles. The van der Waals surface area contributed by atoms with Crippen molar-refractivity contribution < 1.29 is 9.53 Å². The second kappa shape index (κ2) is 5.72. The van der Waals surface area contributed by atoms with Crippen LogP contribution in [0.15, 0.2) is 27.9 Å². The Morgan fingerprint density at radius 1 is 1.42 bits per heavy atom. The van der Waals surface area contributed by atoms with Crippen LogP contribution in [0.2, 0.25) is 0 Å². The Bertz CT molecular complexity index is 459. The van der Waals surface area contributed by atoms with Crippen molar-refractivity contribution in [1.29, 1.82) is 0 Å². The Hall–Kier alpha value is -1.38. The van der Waals surface area contributed by atoms with Gasteiger partial charge >= 0.3 is 5.97 Å². The van der Waals surface area contributed by atoms with Crippen molar-refractivity contribution in [2.75, 3.05) is 7.11 Å². The summed E-state index contributed by atoms with van der Waals surface area (Å²) in [5, 5.41) is 0. The van der Waals surface area contributed by atoms with Crippen LogP contribution in [0.4, 0.5) is 0 Å². The van der Waals surface area contributed by atoms with Crippen LogP contribution in [0.25, 0.3) is 0 Å². The minimum absolute atomic E-state index is 0.0197. The lowest BCUT2D eigenvalue weighted by Gasteiger charge is -2.29. The van der Waals surface area contributed by atoms with E-state index in [0.29, 0.717) is 0 Å². The van der Waals surface area contributed by atoms with E-state index in [4.69, 9.17) is 4.74 Å². The Balaban J connectivity index is 2.31. The molecule has 2 heterocycles. The SMILES string of the molecule is COC(=O)C1=C2CCC/C(C)=C\CCC(C)(C=N2)C1.